The lowest BCUT2D eigenvalue weighted by molar-refractivity contribution is -0.127. The van der Waals surface area contributed by atoms with E-state index in [2.05, 4.69) is 24.1 Å². The van der Waals surface area contributed by atoms with Crippen LogP contribution in [-0.4, -0.2) is 36.5 Å². The Morgan fingerprint density at radius 1 is 1.31 bits per heavy atom. The van der Waals surface area contributed by atoms with Crippen molar-refractivity contribution in [1.82, 2.24) is 10.2 Å². The van der Waals surface area contributed by atoms with E-state index in [0.29, 0.717) is 6.04 Å². The van der Waals surface area contributed by atoms with Gasteiger partial charge in [-0.2, -0.15) is 0 Å². The van der Waals surface area contributed by atoms with Crippen molar-refractivity contribution in [2.75, 3.05) is 19.6 Å². The molecule has 1 atom stereocenters. The maximum Gasteiger partial charge on any atom is 0.223 e. The Labute approximate surface area is 98.6 Å². The largest absolute Gasteiger partial charge is 0.352 e. The Morgan fingerprint density at radius 3 is 2.38 bits per heavy atom. The van der Waals surface area contributed by atoms with Crippen LogP contribution in [0.15, 0.2) is 0 Å². The predicted octanol–water partition coefficient (Wildman–Crippen LogP) is 1.63. The van der Waals surface area contributed by atoms with E-state index in [4.69, 9.17) is 0 Å². The van der Waals surface area contributed by atoms with Crippen molar-refractivity contribution in [2.45, 2.75) is 45.6 Å². The molecule has 0 aromatic rings. The summed E-state index contributed by atoms with van der Waals surface area (Å²) in [5.74, 6) is 1.24. The quantitative estimate of drug-likeness (QED) is 0.787. The highest BCUT2D eigenvalue weighted by Gasteiger charge is 2.35. The monoisotopic (exact) mass is 224 g/mol. The number of hydrogen-bond acceptors (Lipinski definition) is 2. The Balaban J connectivity index is 1.87. The van der Waals surface area contributed by atoms with Gasteiger partial charge in [-0.3, -0.25) is 4.79 Å². The van der Waals surface area contributed by atoms with Crippen LogP contribution in [0.5, 0.6) is 0 Å². The smallest absolute Gasteiger partial charge is 0.223 e. The minimum Gasteiger partial charge on any atom is -0.352 e. The molecule has 0 aromatic carbocycles. The van der Waals surface area contributed by atoms with Crippen LogP contribution in [0.1, 0.15) is 39.5 Å². The van der Waals surface area contributed by atoms with Gasteiger partial charge in [-0.15, -0.1) is 0 Å². The van der Waals surface area contributed by atoms with E-state index in [1.54, 1.807) is 0 Å². The minimum absolute atomic E-state index is 0.218. The van der Waals surface area contributed by atoms with Crippen LogP contribution in [0.25, 0.3) is 0 Å². The molecule has 3 nitrogen and oxygen atoms in total. The molecule has 0 saturated carbocycles. The third-order valence-electron chi connectivity index (χ3n) is 4.34. The second-order valence-electron chi connectivity index (χ2n) is 5.27. The summed E-state index contributed by atoms with van der Waals surface area (Å²) in [6, 6.07) is 0.426. The van der Waals surface area contributed by atoms with Gasteiger partial charge in [-0.25, -0.2) is 0 Å². The Hall–Kier alpha value is -0.570. The van der Waals surface area contributed by atoms with Gasteiger partial charge in [0.05, 0.1) is 0 Å². The summed E-state index contributed by atoms with van der Waals surface area (Å²) >= 11 is 0. The SMILES string of the molecule is CCC(CC)C(=O)NC1CN2CCC1CC2. The van der Waals surface area contributed by atoms with Crippen molar-refractivity contribution < 1.29 is 4.79 Å². The second-order valence-corrected chi connectivity index (χ2v) is 5.27. The molecule has 16 heavy (non-hydrogen) atoms. The highest BCUT2D eigenvalue weighted by atomic mass is 16.1. The van der Waals surface area contributed by atoms with Crippen LogP contribution in [0.4, 0.5) is 0 Å². The van der Waals surface area contributed by atoms with E-state index in [1.807, 2.05) is 0 Å². The summed E-state index contributed by atoms with van der Waals surface area (Å²) in [7, 11) is 0. The molecule has 1 unspecified atom stereocenters. The van der Waals surface area contributed by atoms with Crippen molar-refractivity contribution in [1.29, 1.82) is 0 Å². The van der Waals surface area contributed by atoms with E-state index in [0.717, 1.165) is 25.3 Å². The normalized spacial score (nSPS) is 33.1. The van der Waals surface area contributed by atoms with Crippen LogP contribution in [0.2, 0.25) is 0 Å². The zero-order valence-corrected chi connectivity index (χ0v) is 10.5. The van der Waals surface area contributed by atoms with Gasteiger partial charge in [0.25, 0.3) is 0 Å². The number of nitrogens with one attached hydrogen (secondary N) is 1. The first kappa shape index (κ1) is 11.9. The van der Waals surface area contributed by atoms with Gasteiger partial charge in [0.15, 0.2) is 0 Å². The summed E-state index contributed by atoms with van der Waals surface area (Å²) in [5, 5.41) is 3.27. The van der Waals surface area contributed by atoms with Gasteiger partial charge in [0.2, 0.25) is 5.91 Å². The molecule has 3 saturated heterocycles. The summed E-state index contributed by atoms with van der Waals surface area (Å²) in [4.78, 5) is 14.5. The van der Waals surface area contributed by atoms with Gasteiger partial charge in [-0.1, -0.05) is 13.8 Å². The summed E-state index contributed by atoms with van der Waals surface area (Å²) in [5.41, 5.74) is 0. The fourth-order valence-electron chi connectivity index (χ4n) is 3.09. The van der Waals surface area contributed by atoms with Crippen molar-refractivity contribution >= 4 is 5.91 Å². The second kappa shape index (κ2) is 5.17. The molecular weight excluding hydrogens is 200 g/mol. The molecule has 3 heterocycles. The highest BCUT2D eigenvalue weighted by molar-refractivity contribution is 5.78. The number of nitrogens with zero attached hydrogens (tertiary/aromatic N) is 1. The minimum atomic E-state index is 0.218. The fraction of sp³-hybridized carbons (Fsp3) is 0.923. The fourth-order valence-corrected chi connectivity index (χ4v) is 3.09. The van der Waals surface area contributed by atoms with Crippen molar-refractivity contribution in [3.05, 3.63) is 0 Å². The number of fused-ring (bicyclic) bond motifs is 3. The first-order valence-corrected chi connectivity index (χ1v) is 6.77. The van der Waals surface area contributed by atoms with Crippen LogP contribution in [0, 0.1) is 11.8 Å². The number of carbonyl (C=O) groups is 1. The van der Waals surface area contributed by atoms with Crippen LogP contribution in [-0.2, 0) is 4.79 Å². The molecule has 0 radical (unpaired) electrons. The van der Waals surface area contributed by atoms with Crippen molar-refractivity contribution in [2.24, 2.45) is 11.8 Å². The van der Waals surface area contributed by atoms with Gasteiger partial charge >= 0.3 is 0 Å². The standard InChI is InChI=1S/C13H24N2O/c1-3-10(4-2)13(16)14-12-9-15-7-5-11(12)6-8-15/h10-12H,3-9H2,1-2H3,(H,14,16). The van der Waals surface area contributed by atoms with E-state index >= 15 is 0 Å². The summed E-state index contributed by atoms with van der Waals surface area (Å²) in [6.07, 6.45) is 4.47. The zero-order valence-electron chi connectivity index (χ0n) is 10.5. The first-order chi connectivity index (χ1) is 7.74. The van der Waals surface area contributed by atoms with Crippen LogP contribution >= 0.6 is 0 Å². The maximum absolute atomic E-state index is 12.0. The van der Waals surface area contributed by atoms with Gasteiger partial charge in [-0.05, 0) is 44.7 Å². The van der Waals surface area contributed by atoms with Gasteiger partial charge in [0, 0.05) is 18.5 Å². The lowest BCUT2D eigenvalue weighted by atomic mass is 9.83. The third kappa shape index (κ3) is 2.40. The molecule has 92 valence electrons. The van der Waals surface area contributed by atoms with Crippen LogP contribution in [0.3, 0.4) is 0 Å². The Bertz CT molecular complexity index is 242. The molecule has 3 aliphatic rings. The molecule has 0 aliphatic carbocycles. The molecule has 3 aliphatic heterocycles. The van der Waals surface area contributed by atoms with Crippen molar-refractivity contribution in [3.8, 4) is 0 Å². The molecule has 3 fully saturated rings. The number of piperidine rings is 3. The van der Waals surface area contributed by atoms with E-state index in [9.17, 15) is 4.79 Å². The molecule has 1 N–H and O–H groups in total. The molecular formula is C13H24N2O. The first-order valence-electron chi connectivity index (χ1n) is 6.77. The molecule has 3 heteroatoms. The zero-order chi connectivity index (χ0) is 11.5. The number of hydrogen-bond donors (Lipinski definition) is 1. The Morgan fingerprint density at radius 2 is 1.94 bits per heavy atom. The summed E-state index contributed by atoms with van der Waals surface area (Å²) < 4.78 is 0. The summed E-state index contributed by atoms with van der Waals surface area (Å²) in [6.45, 7) is 7.76. The van der Waals surface area contributed by atoms with Crippen LogP contribution < -0.4 is 5.32 Å². The molecule has 0 spiro atoms. The predicted molar refractivity (Wildman–Crippen MR) is 65.2 cm³/mol. The van der Waals surface area contributed by atoms with Crippen molar-refractivity contribution in [3.63, 3.8) is 0 Å². The molecule has 3 rings (SSSR count). The van der Waals surface area contributed by atoms with E-state index in [1.165, 1.54) is 25.9 Å². The van der Waals surface area contributed by atoms with Gasteiger partial charge < -0.3 is 10.2 Å². The van der Waals surface area contributed by atoms with E-state index < -0.39 is 0 Å². The third-order valence-corrected chi connectivity index (χ3v) is 4.34. The lowest BCUT2D eigenvalue weighted by Crippen LogP contribution is -2.57. The van der Waals surface area contributed by atoms with Gasteiger partial charge in [0.1, 0.15) is 0 Å². The molecule has 0 aromatic heterocycles. The number of amides is 1. The maximum atomic E-state index is 12.0. The highest BCUT2D eigenvalue weighted by Crippen LogP contribution is 2.27. The molecule has 2 bridgehead atoms. The Kier molecular flexibility index (Phi) is 3.85. The number of rotatable bonds is 4. The molecule has 1 amide bonds. The average molecular weight is 224 g/mol. The number of carbonyl (C=O) groups excluding carboxylic acids is 1. The van der Waals surface area contributed by atoms with E-state index in [-0.39, 0.29) is 11.8 Å². The topological polar surface area (TPSA) is 32.3 Å². The average Bonchev–Trinajstić information content (AvgIpc) is 2.32. The lowest BCUT2D eigenvalue weighted by Gasteiger charge is -2.45.